The first kappa shape index (κ1) is 16.6. The maximum atomic E-state index is 11.4. The van der Waals surface area contributed by atoms with Crippen molar-refractivity contribution in [2.75, 3.05) is 19.8 Å². The molecule has 5 nitrogen and oxygen atoms in total. The average molecular weight is 358 g/mol. The predicted molar refractivity (Wildman–Crippen MR) is 88.4 cm³/mol. The number of halogens is 2. The molecule has 2 aromatic rings. The lowest BCUT2D eigenvalue weighted by atomic mass is 9.89. The summed E-state index contributed by atoms with van der Waals surface area (Å²) < 4.78 is 11.4. The fourth-order valence-electron chi connectivity index (χ4n) is 3.13. The van der Waals surface area contributed by atoms with Gasteiger partial charge in [0.05, 0.1) is 35.4 Å². The number of aliphatic carboxylic acids is 1. The lowest BCUT2D eigenvalue weighted by Gasteiger charge is -2.36. The number of rotatable bonds is 5. The molecule has 2 heterocycles. The summed E-state index contributed by atoms with van der Waals surface area (Å²) in [5.74, 6) is -0.938. The molecule has 124 valence electrons. The van der Waals surface area contributed by atoms with Gasteiger partial charge in [0.15, 0.2) is 0 Å². The molecule has 1 aliphatic heterocycles. The van der Waals surface area contributed by atoms with Crippen LogP contribution in [0.3, 0.4) is 0 Å². The number of carboxylic acids is 1. The fraction of sp³-hybridized carbons (Fsp3) is 0.438. The molecule has 1 aromatic carbocycles. The van der Waals surface area contributed by atoms with Gasteiger partial charge in [-0.15, -0.1) is 0 Å². The molecule has 2 N–H and O–H groups in total. The Morgan fingerprint density at radius 3 is 2.87 bits per heavy atom. The van der Waals surface area contributed by atoms with Crippen LogP contribution in [0.25, 0.3) is 10.9 Å². The van der Waals surface area contributed by atoms with Crippen molar-refractivity contribution in [3.63, 3.8) is 0 Å². The van der Waals surface area contributed by atoms with Gasteiger partial charge >= 0.3 is 5.97 Å². The zero-order valence-corrected chi connectivity index (χ0v) is 14.1. The summed E-state index contributed by atoms with van der Waals surface area (Å²) in [5.41, 5.74) is 1.56. The number of nitrogens with one attached hydrogen (secondary N) is 1. The van der Waals surface area contributed by atoms with E-state index in [9.17, 15) is 9.90 Å². The molecule has 1 atom stereocenters. The van der Waals surface area contributed by atoms with E-state index in [1.807, 2.05) is 13.0 Å². The van der Waals surface area contributed by atoms with Gasteiger partial charge in [-0.3, -0.25) is 4.79 Å². The number of carbonyl (C=O) groups is 1. The quantitative estimate of drug-likeness (QED) is 0.854. The standard InChI is InChI=1S/C16H17Cl2NO4/c1-2-22-8-16(7-14(20)21)15-9(3-4-23-16)10-5-11(17)12(18)6-13(10)19-15/h5-6,19H,2-4,7-8H2,1H3,(H,20,21). The lowest BCUT2D eigenvalue weighted by Crippen LogP contribution is -2.42. The maximum absolute atomic E-state index is 11.4. The van der Waals surface area contributed by atoms with Gasteiger partial charge in [0.1, 0.15) is 5.60 Å². The molecule has 0 radical (unpaired) electrons. The highest BCUT2D eigenvalue weighted by molar-refractivity contribution is 6.42. The van der Waals surface area contributed by atoms with E-state index in [1.54, 1.807) is 6.07 Å². The second-order valence-corrected chi connectivity index (χ2v) is 6.41. The van der Waals surface area contributed by atoms with E-state index >= 15 is 0 Å². The lowest BCUT2D eigenvalue weighted by molar-refractivity contribution is -0.156. The van der Waals surface area contributed by atoms with Crippen LogP contribution in [0.5, 0.6) is 0 Å². The number of hydrogen-bond acceptors (Lipinski definition) is 3. The van der Waals surface area contributed by atoms with Crippen LogP contribution in [-0.2, 0) is 26.3 Å². The van der Waals surface area contributed by atoms with Crippen LogP contribution >= 0.6 is 23.2 Å². The van der Waals surface area contributed by atoms with Crippen LogP contribution in [0.15, 0.2) is 12.1 Å². The molecule has 0 aliphatic carbocycles. The van der Waals surface area contributed by atoms with Crippen molar-refractivity contribution < 1.29 is 19.4 Å². The van der Waals surface area contributed by atoms with Crippen LogP contribution in [0, 0.1) is 0 Å². The average Bonchev–Trinajstić information content (AvgIpc) is 2.84. The second-order valence-electron chi connectivity index (χ2n) is 5.59. The minimum atomic E-state index is -1.02. The molecule has 0 spiro atoms. The van der Waals surface area contributed by atoms with Gasteiger partial charge < -0.3 is 19.6 Å². The number of carboxylic acid groups (broad SMARTS) is 1. The summed E-state index contributed by atoms with van der Waals surface area (Å²) in [6, 6.07) is 3.57. The van der Waals surface area contributed by atoms with E-state index < -0.39 is 11.6 Å². The van der Waals surface area contributed by atoms with Gasteiger partial charge in [0.25, 0.3) is 0 Å². The molecule has 0 fully saturated rings. The van der Waals surface area contributed by atoms with E-state index in [2.05, 4.69) is 4.98 Å². The van der Waals surface area contributed by atoms with Gasteiger partial charge in [-0.05, 0) is 31.0 Å². The first-order valence-electron chi connectivity index (χ1n) is 7.40. The van der Waals surface area contributed by atoms with E-state index in [1.165, 1.54) is 0 Å². The van der Waals surface area contributed by atoms with Crippen LogP contribution in [0.1, 0.15) is 24.6 Å². The summed E-state index contributed by atoms with van der Waals surface area (Å²) in [6.07, 6.45) is 0.509. The number of hydrogen-bond donors (Lipinski definition) is 2. The van der Waals surface area contributed by atoms with Crippen LogP contribution in [-0.4, -0.2) is 35.9 Å². The first-order valence-corrected chi connectivity index (χ1v) is 8.16. The zero-order chi connectivity index (χ0) is 16.6. The molecule has 1 aromatic heterocycles. The van der Waals surface area contributed by atoms with Crippen molar-refractivity contribution in [3.8, 4) is 0 Å². The zero-order valence-electron chi connectivity index (χ0n) is 12.6. The third-order valence-corrected chi connectivity index (χ3v) is 4.83. The van der Waals surface area contributed by atoms with E-state index in [0.29, 0.717) is 29.7 Å². The highest BCUT2D eigenvalue weighted by Crippen LogP contribution is 2.41. The van der Waals surface area contributed by atoms with Crippen LogP contribution in [0.2, 0.25) is 10.0 Å². The predicted octanol–water partition coefficient (Wildman–Crippen LogP) is 3.75. The smallest absolute Gasteiger partial charge is 0.306 e. The largest absolute Gasteiger partial charge is 0.481 e. The molecule has 1 aliphatic rings. The van der Waals surface area contributed by atoms with Crippen molar-refractivity contribution >= 4 is 40.1 Å². The Balaban J connectivity index is 2.17. The highest BCUT2D eigenvalue weighted by atomic mass is 35.5. The molecule has 0 bridgehead atoms. The van der Waals surface area contributed by atoms with E-state index in [4.69, 9.17) is 32.7 Å². The Labute approximate surface area is 143 Å². The van der Waals surface area contributed by atoms with Crippen molar-refractivity contribution in [2.45, 2.75) is 25.4 Å². The molecule has 0 saturated heterocycles. The van der Waals surface area contributed by atoms with Crippen molar-refractivity contribution in [2.24, 2.45) is 0 Å². The van der Waals surface area contributed by atoms with Gasteiger partial charge in [0.2, 0.25) is 0 Å². The molecule has 1 unspecified atom stereocenters. The number of ether oxygens (including phenoxy) is 2. The first-order chi connectivity index (χ1) is 11.0. The molecule has 0 saturated carbocycles. The fourth-order valence-corrected chi connectivity index (χ4v) is 3.46. The summed E-state index contributed by atoms with van der Waals surface area (Å²) in [4.78, 5) is 14.7. The number of aromatic nitrogens is 1. The third-order valence-electron chi connectivity index (χ3n) is 4.11. The Morgan fingerprint density at radius 2 is 2.17 bits per heavy atom. The van der Waals surface area contributed by atoms with E-state index in [0.717, 1.165) is 22.2 Å². The Kier molecular flexibility index (Phi) is 4.56. The van der Waals surface area contributed by atoms with Gasteiger partial charge in [-0.25, -0.2) is 0 Å². The molecule has 23 heavy (non-hydrogen) atoms. The Bertz CT molecular complexity index is 758. The third kappa shape index (κ3) is 2.94. The van der Waals surface area contributed by atoms with Gasteiger partial charge in [-0.1, -0.05) is 23.2 Å². The number of fused-ring (bicyclic) bond motifs is 3. The second kappa shape index (κ2) is 6.32. The van der Waals surface area contributed by atoms with Crippen LogP contribution < -0.4 is 0 Å². The SMILES string of the molecule is CCOCC1(CC(=O)O)OCCc2c1[nH]c1cc(Cl)c(Cl)cc21. The monoisotopic (exact) mass is 357 g/mol. The van der Waals surface area contributed by atoms with Gasteiger partial charge in [0, 0.05) is 17.5 Å². The summed E-state index contributed by atoms with van der Waals surface area (Å²) in [5, 5.41) is 11.2. The Hall–Kier alpha value is -1.27. The number of aromatic amines is 1. The highest BCUT2D eigenvalue weighted by Gasteiger charge is 2.42. The van der Waals surface area contributed by atoms with Crippen LogP contribution in [0.4, 0.5) is 0 Å². The molecule has 7 heteroatoms. The summed E-state index contributed by atoms with van der Waals surface area (Å²) in [7, 11) is 0. The Morgan fingerprint density at radius 1 is 1.43 bits per heavy atom. The summed E-state index contributed by atoms with van der Waals surface area (Å²) in [6.45, 7) is 2.96. The van der Waals surface area contributed by atoms with E-state index in [-0.39, 0.29) is 13.0 Å². The molecular weight excluding hydrogens is 341 g/mol. The van der Waals surface area contributed by atoms with Crippen molar-refractivity contribution in [1.82, 2.24) is 4.98 Å². The molecule has 3 rings (SSSR count). The molecular formula is C16H17Cl2NO4. The normalized spacial score (nSPS) is 20.7. The summed E-state index contributed by atoms with van der Waals surface area (Å²) >= 11 is 12.2. The number of H-pyrrole nitrogens is 1. The van der Waals surface area contributed by atoms with Crippen molar-refractivity contribution in [3.05, 3.63) is 33.4 Å². The van der Waals surface area contributed by atoms with Crippen molar-refractivity contribution in [1.29, 1.82) is 0 Å². The van der Waals surface area contributed by atoms with Gasteiger partial charge in [-0.2, -0.15) is 0 Å². The number of benzene rings is 1. The minimum Gasteiger partial charge on any atom is -0.481 e. The topological polar surface area (TPSA) is 71.6 Å². The molecule has 0 amide bonds. The maximum Gasteiger partial charge on any atom is 0.306 e. The minimum absolute atomic E-state index is 0.172.